The number of carbonyl (C=O) groups excluding carboxylic acids is 2. The number of aliphatic hydroxyl groups excluding tert-OH is 4. The lowest BCUT2D eigenvalue weighted by molar-refractivity contribution is -0.315. The van der Waals surface area contributed by atoms with Crippen molar-refractivity contribution in [1.29, 1.82) is 0 Å². The summed E-state index contributed by atoms with van der Waals surface area (Å²) in [5.74, 6) is -1.55. The van der Waals surface area contributed by atoms with Gasteiger partial charge in [-0.3, -0.25) is 9.59 Å². The molecular formula is C35H50O11. The number of hydrogen-bond donors (Lipinski definition) is 5. The Morgan fingerprint density at radius 1 is 1.07 bits per heavy atom. The van der Waals surface area contributed by atoms with Crippen LogP contribution in [0.15, 0.2) is 22.8 Å². The third kappa shape index (κ3) is 4.45. The van der Waals surface area contributed by atoms with Crippen LogP contribution in [0.4, 0.5) is 0 Å². The van der Waals surface area contributed by atoms with E-state index in [-0.39, 0.29) is 34.9 Å². The summed E-state index contributed by atoms with van der Waals surface area (Å²) in [7, 11) is 0. The molecule has 5 N–H and O–H groups in total. The molecule has 0 aromatic rings. The molecule has 11 nitrogen and oxygen atoms in total. The first-order valence-electron chi connectivity index (χ1n) is 17.2. The van der Waals surface area contributed by atoms with Gasteiger partial charge in [-0.1, -0.05) is 39.3 Å². The van der Waals surface area contributed by atoms with Crippen LogP contribution < -0.4 is 0 Å². The van der Waals surface area contributed by atoms with Crippen LogP contribution in [0.1, 0.15) is 79.6 Å². The minimum Gasteiger partial charge on any atom is -0.456 e. The average molecular weight is 647 g/mol. The average Bonchev–Trinajstić information content (AvgIpc) is 3.64. The third-order valence-corrected chi connectivity index (χ3v) is 13.4. The van der Waals surface area contributed by atoms with Crippen molar-refractivity contribution >= 4 is 11.8 Å². The highest BCUT2D eigenvalue weighted by Gasteiger charge is 2.69. The summed E-state index contributed by atoms with van der Waals surface area (Å²) in [4.78, 5) is 26.1. The summed E-state index contributed by atoms with van der Waals surface area (Å²) in [6.45, 7) is 8.99. The van der Waals surface area contributed by atoms with Crippen LogP contribution in [0, 0.1) is 34.5 Å². The van der Waals surface area contributed by atoms with E-state index in [1.54, 1.807) is 13.8 Å². The fraction of sp³-hybridized carbons (Fsp3) is 0.829. The van der Waals surface area contributed by atoms with E-state index in [1.807, 2.05) is 0 Å². The number of hydrogen-bond acceptors (Lipinski definition) is 11. The predicted molar refractivity (Wildman–Crippen MR) is 162 cm³/mol. The first kappa shape index (κ1) is 32.8. The molecule has 3 aliphatic heterocycles. The summed E-state index contributed by atoms with van der Waals surface area (Å²) in [5.41, 5.74) is 2.04. The van der Waals surface area contributed by atoms with E-state index >= 15 is 0 Å². The minimum absolute atomic E-state index is 0.0291. The van der Waals surface area contributed by atoms with Gasteiger partial charge in [0.05, 0.1) is 24.7 Å². The number of carbonyl (C=O) groups is 2. The third-order valence-electron chi connectivity index (χ3n) is 13.4. The number of aliphatic hydroxyl groups is 5. The first-order chi connectivity index (χ1) is 21.7. The van der Waals surface area contributed by atoms with E-state index in [0.29, 0.717) is 5.92 Å². The molecule has 46 heavy (non-hydrogen) atoms. The van der Waals surface area contributed by atoms with E-state index < -0.39 is 72.7 Å². The molecule has 1 saturated carbocycles. The fourth-order valence-electron chi connectivity index (χ4n) is 10.6. The number of cyclic esters (lactones) is 1. The van der Waals surface area contributed by atoms with Crippen LogP contribution in [0.2, 0.25) is 0 Å². The molecule has 0 radical (unpaired) electrons. The number of rotatable bonds is 6. The lowest BCUT2D eigenvalue weighted by atomic mass is 9.51. The Morgan fingerprint density at radius 3 is 2.48 bits per heavy atom. The van der Waals surface area contributed by atoms with Gasteiger partial charge in [-0.25, -0.2) is 0 Å². The Morgan fingerprint density at radius 2 is 1.80 bits per heavy atom. The van der Waals surface area contributed by atoms with Gasteiger partial charge >= 0.3 is 5.97 Å². The molecule has 3 saturated heterocycles. The first-order valence-corrected chi connectivity index (χ1v) is 17.2. The minimum atomic E-state index is -1.80. The maximum absolute atomic E-state index is 13.5. The summed E-state index contributed by atoms with van der Waals surface area (Å²) in [6.07, 6.45) is -0.290. The van der Waals surface area contributed by atoms with Crippen molar-refractivity contribution < 1.29 is 54.1 Å². The van der Waals surface area contributed by atoms with Crippen molar-refractivity contribution in [3.8, 4) is 0 Å². The Bertz CT molecular complexity index is 1340. The van der Waals surface area contributed by atoms with E-state index in [9.17, 15) is 35.1 Å². The zero-order chi connectivity index (χ0) is 33.1. The van der Waals surface area contributed by atoms with Gasteiger partial charge in [-0.15, -0.1) is 0 Å². The van der Waals surface area contributed by atoms with Gasteiger partial charge in [0.2, 0.25) is 0 Å². The van der Waals surface area contributed by atoms with Crippen LogP contribution in [-0.2, 0) is 28.5 Å². The summed E-state index contributed by atoms with van der Waals surface area (Å²) < 4.78 is 24.2. The molecular weight excluding hydrogens is 596 g/mol. The summed E-state index contributed by atoms with van der Waals surface area (Å²) in [5, 5.41) is 51.9. The molecule has 0 bridgehead atoms. The molecule has 0 aromatic heterocycles. The highest BCUT2D eigenvalue weighted by molar-refractivity contribution is 5.88. The number of esters is 1. The molecule has 15 atom stereocenters. The standard InChI is InChI=1S/C35H50O11/c1-15(2)35(42,16(3)37)30-29-24(31(41)46-30)25-22(44-29)13-21-19-7-6-17-12-18(8-10-33(17,4)20(19)9-11-34(21,25)5)43-32-28(40)27(39)26(38)23(14-36)45-32/h13,15,17-18,22-30,32,36,38-40,42H,6-12,14H2,1-5H3. The van der Waals surface area contributed by atoms with Crippen LogP contribution in [0.5, 0.6) is 0 Å². The van der Waals surface area contributed by atoms with Gasteiger partial charge in [0.15, 0.2) is 23.8 Å². The molecule has 15 unspecified atom stereocenters. The number of Topliss-reactive ketones (excluding diaryl/α,β-unsaturated/α-hetero) is 1. The fourth-order valence-corrected chi connectivity index (χ4v) is 10.6. The number of allylic oxidation sites excluding steroid dienone is 3. The Labute approximate surface area is 269 Å². The molecule has 0 amide bonds. The molecule has 0 spiro atoms. The monoisotopic (exact) mass is 646 g/mol. The normalized spacial score (nSPS) is 49.4. The van der Waals surface area contributed by atoms with Crippen molar-refractivity contribution in [3.05, 3.63) is 22.8 Å². The predicted octanol–water partition coefficient (Wildman–Crippen LogP) is 1.71. The molecule has 0 aromatic carbocycles. The maximum Gasteiger partial charge on any atom is 0.312 e. The number of ketones is 1. The highest BCUT2D eigenvalue weighted by atomic mass is 16.7. The van der Waals surface area contributed by atoms with Crippen molar-refractivity contribution in [1.82, 2.24) is 0 Å². The highest BCUT2D eigenvalue weighted by Crippen LogP contribution is 2.67. The van der Waals surface area contributed by atoms with Gasteiger partial charge in [0, 0.05) is 5.92 Å². The Hall–Kier alpha value is -1.70. The molecule has 4 fully saturated rings. The van der Waals surface area contributed by atoms with Gasteiger partial charge in [0.25, 0.3) is 0 Å². The van der Waals surface area contributed by atoms with E-state index in [1.165, 1.54) is 23.6 Å². The second-order valence-corrected chi connectivity index (χ2v) is 15.8. The molecule has 7 aliphatic rings. The number of ether oxygens (including phenoxy) is 4. The van der Waals surface area contributed by atoms with Gasteiger partial charge in [-0.2, -0.15) is 0 Å². The second-order valence-electron chi connectivity index (χ2n) is 15.8. The van der Waals surface area contributed by atoms with Gasteiger partial charge < -0.3 is 44.5 Å². The maximum atomic E-state index is 13.5. The van der Waals surface area contributed by atoms with Gasteiger partial charge in [0.1, 0.15) is 30.5 Å². The quantitative estimate of drug-likeness (QED) is 0.266. The smallest absolute Gasteiger partial charge is 0.312 e. The van der Waals surface area contributed by atoms with E-state index in [2.05, 4.69) is 19.9 Å². The van der Waals surface area contributed by atoms with Crippen molar-refractivity contribution in [2.24, 2.45) is 34.5 Å². The number of fused-ring (bicyclic) bond motifs is 8. The molecule has 4 aliphatic carbocycles. The SMILES string of the molecule is CC(=O)C(O)(C(C)C)C1OC(=O)C2C1OC1C=C3C4=C(CCC3(C)C12)C1(C)CCC(OC2OC(CO)C(O)C(O)C2O)CC1CC4. The van der Waals surface area contributed by atoms with Crippen LogP contribution in [0.25, 0.3) is 0 Å². The molecule has 11 heteroatoms. The Kier molecular flexibility index (Phi) is 7.97. The van der Waals surface area contributed by atoms with Gasteiger partial charge in [-0.05, 0) is 85.7 Å². The molecule has 3 heterocycles. The van der Waals surface area contributed by atoms with E-state index in [4.69, 9.17) is 18.9 Å². The lowest BCUT2D eigenvalue weighted by Crippen LogP contribution is -2.60. The van der Waals surface area contributed by atoms with Crippen LogP contribution in [0.3, 0.4) is 0 Å². The lowest BCUT2D eigenvalue weighted by Gasteiger charge is -2.54. The van der Waals surface area contributed by atoms with Crippen LogP contribution >= 0.6 is 0 Å². The topological polar surface area (TPSA) is 172 Å². The zero-order valence-electron chi connectivity index (χ0n) is 27.4. The van der Waals surface area contributed by atoms with Crippen molar-refractivity contribution in [3.63, 3.8) is 0 Å². The van der Waals surface area contributed by atoms with E-state index in [0.717, 1.165) is 44.9 Å². The second kappa shape index (κ2) is 11.2. The largest absolute Gasteiger partial charge is 0.456 e. The Balaban J connectivity index is 1.10. The molecule has 256 valence electrons. The zero-order valence-corrected chi connectivity index (χ0v) is 27.4. The van der Waals surface area contributed by atoms with Crippen LogP contribution in [-0.4, -0.2) is 105 Å². The summed E-state index contributed by atoms with van der Waals surface area (Å²) in [6, 6.07) is 0. The van der Waals surface area contributed by atoms with Crippen molar-refractivity contribution in [2.75, 3.05) is 6.61 Å². The molecule has 7 rings (SSSR count). The van der Waals surface area contributed by atoms with Crippen molar-refractivity contribution in [2.45, 2.75) is 140 Å². The summed E-state index contributed by atoms with van der Waals surface area (Å²) >= 11 is 0.